The average molecular weight is 258 g/mol. The Morgan fingerprint density at radius 2 is 2.32 bits per heavy atom. The molecule has 0 fully saturated rings. The van der Waals surface area contributed by atoms with Gasteiger partial charge in [-0.1, -0.05) is 6.08 Å². The van der Waals surface area contributed by atoms with Gasteiger partial charge in [-0.05, 0) is 37.1 Å². The Morgan fingerprint density at radius 1 is 1.47 bits per heavy atom. The van der Waals surface area contributed by atoms with Gasteiger partial charge in [0.2, 0.25) is 5.91 Å². The van der Waals surface area contributed by atoms with E-state index in [4.69, 9.17) is 4.74 Å². The maximum absolute atomic E-state index is 11.3. The average Bonchev–Trinajstić information content (AvgIpc) is 2.81. The van der Waals surface area contributed by atoms with E-state index in [1.165, 1.54) is 17.0 Å². The van der Waals surface area contributed by atoms with Crippen molar-refractivity contribution in [2.45, 2.75) is 13.3 Å². The fourth-order valence-electron chi connectivity index (χ4n) is 2.03. The van der Waals surface area contributed by atoms with Crippen LogP contribution in [0, 0.1) is 0 Å². The predicted octanol–water partition coefficient (Wildman–Crippen LogP) is 2.41. The Balaban J connectivity index is 2.03. The molecule has 4 nitrogen and oxygen atoms in total. The van der Waals surface area contributed by atoms with Gasteiger partial charge in [-0.3, -0.25) is 4.79 Å². The van der Waals surface area contributed by atoms with Crippen LogP contribution >= 0.6 is 0 Å². The summed E-state index contributed by atoms with van der Waals surface area (Å²) in [5.74, 6) is 0.784. The van der Waals surface area contributed by atoms with Crippen LogP contribution < -0.4 is 10.1 Å². The fraction of sp³-hybridized carbons (Fsp3) is 0.267. The topological polar surface area (TPSA) is 54.1 Å². The van der Waals surface area contributed by atoms with E-state index in [1.807, 2.05) is 31.3 Å². The third-order valence-electron chi connectivity index (χ3n) is 2.99. The lowest BCUT2D eigenvalue weighted by atomic mass is 10.1. The molecule has 4 heteroatoms. The number of benzene rings is 1. The predicted molar refractivity (Wildman–Crippen MR) is 76.4 cm³/mol. The van der Waals surface area contributed by atoms with Gasteiger partial charge in [0.25, 0.3) is 0 Å². The van der Waals surface area contributed by atoms with Gasteiger partial charge in [0.15, 0.2) is 0 Å². The smallest absolute Gasteiger partial charge is 0.243 e. The number of allylic oxidation sites excluding steroid dienone is 1. The molecule has 0 saturated carbocycles. The van der Waals surface area contributed by atoms with Crippen LogP contribution in [0.25, 0.3) is 10.9 Å². The summed E-state index contributed by atoms with van der Waals surface area (Å²) in [7, 11) is 1.65. The lowest BCUT2D eigenvalue weighted by molar-refractivity contribution is -0.116. The molecule has 100 valence electrons. The zero-order valence-electron chi connectivity index (χ0n) is 11.2. The first-order valence-corrected chi connectivity index (χ1v) is 6.29. The zero-order chi connectivity index (χ0) is 13.7. The first-order valence-electron chi connectivity index (χ1n) is 6.29. The number of carbonyl (C=O) groups excluding carboxylic acids is 1. The van der Waals surface area contributed by atoms with Crippen LogP contribution in [-0.2, 0) is 11.2 Å². The summed E-state index contributed by atoms with van der Waals surface area (Å²) in [6.07, 6.45) is 6.04. The van der Waals surface area contributed by atoms with Crippen LogP contribution in [0.4, 0.5) is 0 Å². The molecule has 0 saturated heterocycles. The van der Waals surface area contributed by atoms with E-state index in [-0.39, 0.29) is 5.91 Å². The SMILES string of the molecule is C/C=C/C(=O)NCCc1c[nH]c2cc(OC)ccc12. The quantitative estimate of drug-likeness (QED) is 0.809. The van der Waals surface area contributed by atoms with Crippen LogP contribution in [0.3, 0.4) is 0 Å². The second kappa shape index (κ2) is 6.09. The number of aromatic nitrogens is 1. The number of fused-ring (bicyclic) bond motifs is 1. The Labute approximate surface area is 112 Å². The first kappa shape index (κ1) is 13.2. The van der Waals surface area contributed by atoms with Crippen molar-refractivity contribution in [1.29, 1.82) is 0 Å². The van der Waals surface area contributed by atoms with Crippen molar-refractivity contribution < 1.29 is 9.53 Å². The molecule has 0 bridgehead atoms. The van der Waals surface area contributed by atoms with Gasteiger partial charge in [0.1, 0.15) is 5.75 Å². The van der Waals surface area contributed by atoms with Crippen LogP contribution in [-0.4, -0.2) is 24.5 Å². The van der Waals surface area contributed by atoms with Crippen LogP contribution in [0.15, 0.2) is 36.5 Å². The summed E-state index contributed by atoms with van der Waals surface area (Å²) in [5, 5.41) is 4.01. The van der Waals surface area contributed by atoms with Gasteiger partial charge < -0.3 is 15.0 Å². The molecule has 19 heavy (non-hydrogen) atoms. The fourth-order valence-corrected chi connectivity index (χ4v) is 2.03. The molecule has 2 aromatic rings. The molecule has 0 radical (unpaired) electrons. The molecular weight excluding hydrogens is 240 g/mol. The van der Waals surface area contributed by atoms with Crippen LogP contribution in [0.2, 0.25) is 0 Å². The van der Waals surface area contributed by atoms with Crippen molar-refractivity contribution in [3.63, 3.8) is 0 Å². The van der Waals surface area contributed by atoms with E-state index in [2.05, 4.69) is 10.3 Å². The monoisotopic (exact) mass is 258 g/mol. The van der Waals surface area contributed by atoms with Gasteiger partial charge >= 0.3 is 0 Å². The van der Waals surface area contributed by atoms with Crippen molar-refractivity contribution in [2.24, 2.45) is 0 Å². The minimum atomic E-state index is -0.0518. The number of hydrogen-bond acceptors (Lipinski definition) is 2. The highest BCUT2D eigenvalue weighted by molar-refractivity contribution is 5.87. The van der Waals surface area contributed by atoms with E-state index in [9.17, 15) is 4.79 Å². The van der Waals surface area contributed by atoms with Gasteiger partial charge in [-0.15, -0.1) is 0 Å². The van der Waals surface area contributed by atoms with E-state index in [0.717, 1.165) is 17.7 Å². The molecule has 0 spiro atoms. The Bertz CT molecular complexity index is 599. The Hall–Kier alpha value is -2.23. The van der Waals surface area contributed by atoms with Crippen molar-refractivity contribution in [1.82, 2.24) is 10.3 Å². The number of ether oxygens (including phenoxy) is 1. The van der Waals surface area contributed by atoms with Crippen LogP contribution in [0.1, 0.15) is 12.5 Å². The number of hydrogen-bond donors (Lipinski definition) is 2. The minimum absolute atomic E-state index is 0.0518. The molecular formula is C15H18N2O2. The second-order valence-corrected chi connectivity index (χ2v) is 4.27. The number of nitrogens with one attached hydrogen (secondary N) is 2. The Morgan fingerprint density at radius 3 is 3.05 bits per heavy atom. The molecule has 0 aliphatic rings. The number of aromatic amines is 1. The molecule has 1 aromatic heterocycles. The largest absolute Gasteiger partial charge is 0.497 e. The second-order valence-electron chi connectivity index (χ2n) is 4.27. The number of carbonyl (C=O) groups is 1. The molecule has 0 aliphatic carbocycles. The molecule has 0 unspecified atom stereocenters. The third kappa shape index (κ3) is 3.16. The molecule has 1 heterocycles. The van der Waals surface area contributed by atoms with E-state index in [1.54, 1.807) is 13.2 Å². The molecule has 1 amide bonds. The zero-order valence-corrected chi connectivity index (χ0v) is 11.2. The van der Waals surface area contributed by atoms with Gasteiger partial charge in [-0.25, -0.2) is 0 Å². The summed E-state index contributed by atoms with van der Waals surface area (Å²) in [6.45, 7) is 2.45. The summed E-state index contributed by atoms with van der Waals surface area (Å²) >= 11 is 0. The van der Waals surface area contributed by atoms with Crippen molar-refractivity contribution in [3.8, 4) is 5.75 Å². The summed E-state index contributed by atoms with van der Waals surface area (Å²) < 4.78 is 5.19. The summed E-state index contributed by atoms with van der Waals surface area (Å²) in [4.78, 5) is 14.5. The maximum atomic E-state index is 11.3. The van der Waals surface area contributed by atoms with Gasteiger partial charge in [-0.2, -0.15) is 0 Å². The van der Waals surface area contributed by atoms with E-state index in [0.29, 0.717) is 6.54 Å². The highest BCUT2D eigenvalue weighted by Crippen LogP contribution is 2.23. The number of H-pyrrole nitrogens is 1. The maximum Gasteiger partial charge on any atom is 0.243 e. The van der Waals surface area contributed by atoms with Crippen molar-refractivity contribution in [2.75, 3.05) is 13.7 Å². The third-order valence-corrected chi connectivity index (χ3v) is 2.99. The highest BCUT2D eigenvalue weighted by Gasteiger charge is 2.05. The van der Waals surface area contributed by atoms with Gasteiger partial charge in [0.05, 0.1) is 7.11 Å². The summed E-state index contributed by atoms with van der Waals surface area (Å²) in [5.41, 5.74) is 2.24. The lowest BCUT2D eigenvalue weighted by Gasteiger charge is -2.02. The normalized spacial score (nSPS) is 11.1. The number of amides is 1. The minimum Gasteiger partial charge on any atom is -0.497 e. The summed E-state index contributed by atoms with van der Waals surface area (Å²) in [6, 6.07) is 5.95. The van der Waals surface area contributed by atoms with Crippen molar-refractivity contribution >= 4 is 16.8 Å². The standard InChI is InChI=1S/C15H18N2O2/c1-3-4-15(18)16-8-7-11-10-17-14-9-12(19-2)5-6-13(11)14/h3-6,9-10,17H,7-8H2,1-2H3,(H,16,18)/b4-3+. The molecule has 1 aromatic carbocycles. The van der Waals surface area contributed by atoms with E-state index >= 15 is 0 Å². The first-order chi connectivity index (χ1) is 9.24. The molecule has 2 rings (SSSR count). The molecule has 0 atom stereocenters. The molecule has 2 N–H and O–H groups in total. The van der Waals surface area contributed by atoms with E-state index < -0.39 is 0 Å². The van der Waals surface area contributed by atoms with Gasteiger partial charge in [0, 0.05) is 29.7 Å². The lowest BCUT2D eigenvalue weighted by Crippen LogP contribution is -2.23. The number of methoxy groups -OCH3 is 1. The van der Waals surface area contributed by atoms with Crippen molar-refractivity contribution in [3.05, 3.63) is 42.1 Å². The Kier molecular flexibility index (Phi) is 4.23. The van der Waals surface area contributed by atoms with Crippen LogP contribution in [0.5, 0.6) is 5.75 Å². The molecule has 0 aliphatic heterocycles. The number of rotatable bonds is 5. The highest BCUT2D eigenvalue weighted by atomic mass is 16.5.